The number of halogens is 3. The molecule has 184 valence electrons. The van der Waals surface area contributed by atoms with Crippen molar-refractivity contribution in [1.82, 2.24) is 9.88 Å². The summed E-state index contributed by atoms with van der Waals surface area (Å²) < 4.78 is 39.6. The Morgan fingerprint density at radius 1 is 1.06 bits per heavy atom. The third kappa shape index (κ3) is 4.51. The molecule has 1 fully saturated rings. The maximum absolute atomic E-state index is 13.2. The van der Waals surface area contributed by atoms with Crippen LogP contribution in [0.1, 0.15) is 30.0 Å². The van der Waals surface area contributed by atoms with Crippen molar-refractivity contribution in [2.45, 2.75) is 25.9 Å². The van der Waals surface area contributed by atoms with Crippen molar-refractivity contribution in [3.8, 4) is 6.07 Å². The first-order valence-corrected chi connectivity index (χ1v) is 11.8. The van der Waals surface area contributed by atoms with E-state index >= 15 is 0 Å². The molecule has 1 unspecified atom stereocenters. The number of piperazine rings is 1. The van der Waals surface area contributed by atoms with Gasteiger partial charge < -0.3 is 9.80 Å². The number of hydrogen-bond acceptors (Lipinski definition) is 6. The zero-order valence-electron chi connectivity index (χ0n) is 19.8. The van der Waals surface area contributed by atoms with Gasteiger partial charge in [-0.2, -0.15) is 23.5 Å². The summed E-state index contributed by atoms with van der Waals surface area (Å²) in [5.41, 5.74) is 1.74. The Bertz CT molecular complexity index is 1310. The molecule has 5 rings (SSSR count). The van der Waals surface area contributed by atoms with Crippen molar-refractivity contribution in [3.63, 3.8) is 0 Å². The molecule has 1 aliphatic carbocycles. The Morgan fingerprint density at radius 3 is 2.53 bits per heavy atom. The number of benzene rings is 1. The number of pyridine rings is 1. The Hall–Kier alpha value is -3.93. The van der Waals surface area contributed by atoms with Gasteiger partial charge in [0.2, 0.25) is 0 Å². The van der Waals surface area contributed by atoms with Crippen LogP contribution in [-0.2, 0) is 12.6 Å². The number of alkyl halides is 3. The van der Waals surface area contributed by atoms with Gasteiger partial charge in [0.05, 0.1) is 22.3 Å². The molecule has 1 atom stereocenters. The first kappa shape index (κ1) is 23.8. The Kier molecular flexibility index (Phi) is 6.12. The Morgan fingerprint density at radius 2 is 1.83 bits per heavy atom. The summed E-state index contributed by atoms with van der Waals surface area (Å²) in [5, 5.41) is 18.2. The summed E-state index contributed by atoms with van der Waals surface area (Å²) in [6.45, 7) is 5.13. The van der Waals surface area contributed by atoms with E-state index in [-0.39, 0.29) is 6.42 Å². The van der Waals surface area contributed by atoms with Crippen LogP contribution in [0.5, 0.6) is 0 Å². The molecule has 0 N–H and O–H groups in total. The topological polar surface area (TPSA) is 67.9 Å². The predicted octanol–water partition coefficient (Wildman–Crippen LogP) is 5.00. The molecule has 0 spiro atoms. The second kappa shape index (κ2) is 9.26. The molecule has 3 heterocycles. The number of fused-ring (bicyclic) bond motifs is 1. The van der Waals surface area contributed by atoms with Gasteiger partial charge in [-0.25, -0.2) is 4.98 Å². The van der Waals surface area contributed by atoms with Gasteiger partial charge in [-0.15, -0.1) is 5.10 Å². The monoisotopic (exact) mass is 490 g/mol. The van der Waals surface area contributed by atoms with Crippen LogP contribution in [0.2, 0.25) is 0 Å². The van der Waals surface area contributed by atoms with Crippen LogP contribution in [0.4, 0.5) is 19.0 Å². The number of amidine groups is 1. The van der Waals surface area contributed by atoms with Crippen molar-refractivity contribution in [3.05, 3.63) is 83.1 Å². The molecule has 6 nitrogen and oxygen atoms in total. The molecule has 0 radical (unpaired) electrons. The summed E-state index contributed by atoms with van der Waals surface area (Å²) in [7, 11) is 0. The van der Waals surface area contributed by atoms with E-state index in [0.29, 0.717) is 16.8 Å². The van der Waals surface area contributed by atoms with E-state index in [1.807, 2.05) is 18.2 Å². The van der Waals surface area contributed by atoms with E-state index in [0.717, 1.165) is 55.9 Å². The molecule has 2 aliphatic heterocycles. The summed E-state index contributed by atoms with van der Waals surface area (Å²) in [6, 6.07) is 11.1. The van der Waals surface area contributed by atoms with Gasteiger partial charge in [0.1, 0.15) is 17.7 Å². The van der Waals surface area contributed by atoms with E-state index in [4.69, 9.17) is 5.26 Å². The maximum atomic E-state index is 13.2. The number of rotatable bonds is 3. The number of aromatic nitrogens is 1. The number of allylic oxidation sites excluding steroid dienone is 3. The number of nitriles is 1. The summed E-state index contributed by atoms with van der Waals surface area (Å²) in [6.07, 6.45) is 4.33. The van der Waals surface area contributed by atoms with E-state index in [2.05, 4.69) is 44.1 Å². The van der Waals surface area contributed by atoms with Gasteiger partial charge in [0, 0.05) is 38.8 Å². The lowest BCUT2D eigenvalue weighted by molar-refractivity contribution is -0.137. The molecule has 1 aromatic heterocycles. The zero-order chi connectivity index (χ0) is 25.3. The SMILES string of the molecule is CC12CC=CC=C1C(Cc1cccc(C(F)(F)F)c1)=NN=C2N1CCN(c2ccc(C#N)cn2)CC1. The van der Waals surface area contributed by atoms with Crippen LogP contribution in [0, 0.1) is 16.7 Å². The fourth-order valence-corrected chi connectivity index (χ4v) is 5.04. The van der Waals surface area contributed by atoms with Gasteiger partial charge in [-0.3, -0.25) is 0 Å². The minimum Gasteiger partial charge on any atom is -0.354 e. The smallest absolute Gasteiger partial charge is 0.354 e. The van der Waals surface area contributed by atoms with Crippen molar-refractivity contribution in [2.24, 2.45) is 15.6 Å². The minimum absolute atomic E-state index is 0.286. The highest BCUT2D eigenvalue weighted by atomic mass is 19.4. The minimum atomic E-state index is -4.38. The Labute approximate surface area is 207 Å². The lowest BCUT2D eigenvalue weighted by Gasteiger charge is -2.45. The van der Waals surface area contributed by atoms with Crippen molar-refractivity contribution in [2.75, 3.05) is 31.1 Å². The molecule has 9 heteroatoms. The molecule has 1 saturated heterocycles. The van der Waals surface area contributed by atoms with Crippen LogP contribution in [0.15, 0.2) is 76.6 Å². The quantitative estimate of drug-likeness (QED) is 0.608. The first-order valence-electron chi connectivity index (χ1n) is 11.8. The van der Waals surface area contributed by atoms with Gasteiger partial charge in [-0.05, 0) is 42.7 Å². The number of hydrogen-bond donors (Lipinski definition) is 0. The van der Waals surface area contributed by atoms with Crippen LogP contribution in [0.3, 0.4) is 0 Å². The fourth-order valence-electron chi connectivity index (χ4n) is 5.04. The van der Waals surface area contributed by atoms with E-state index < -0.39 is 17.2 Å². The molecule has 1 aromatic carbocycles. The molecule has 3 aliphatic rings. The van der Waals surface area contributed by atoms with Crippen LogP contribution >= 0.6 is 0 Å². The Balaban J connectivity index is 1.36. The standard InChI is InChI=1S/C27H25F3N6/c1-26-10-3-2-7-22(26)23(16-19-5-4-6-21(15-19)27(28,29)30)33-34-25(26)36-13-11-35(12-14-36)24-9-8-20(17-31)18-32-24/h2-9,15,18H,10-14,16H2,1H3. The van der Waals surface area contributed by atoms with Gasteiger partial charge in [0.25, 0.3) is 0 Å². The average molecular weight is 491 g/mol. The van der Waals surface area contributed by atoms with Crippen molar-refractivity contribution in [1.29, 1.82) is 5.26 Å². The summed E-state index contributed by atoms with van der Waals surface area (Å²) in [5.74, 6) is 1.73. The molecule has 0 amide bonds. The average Bonchev–Trinajstić information content (AvgIpc) is 2.88. The third-order valence-electron chi connectivity index (χ3n) is 7.00. The van der Waals surface area contributed by atoms with Gasteiger partial charge >= 0.3 is 6.18 Å². The van der Waals surface area contributed by atoms with Crippen LogP contribution in [0.25, 0.3) is 0 Å². The molecule has 2 aromatic rings. The van der Waals surface area contributed by atoms with E-state index in [9.17, 15) is 13.2 Å². The highest BCUT2D eigenvalue weighted by Crippen LogP contribution is 2.41. The normalized spacial score (nSPS) is 21.8. The van der Waals surface area contributed by atoms with Crippen LogP contribution < -0.4 is 4.90 Å². The number of anilines is 1. The number of nitrogens with zero attached hydrogens (tertiary/aromatic N) is 6. The molecule has 0 saturated carbocycles. The molecular weight excluding hydrogens is 465 g/mol. The highest BCUT2D eigenvalue weighted by molar-refractivity contribution is 6.11. The fraction of sp³-hybridized carbons (Fsp3) is 0.333. The lowest BCUT2D eigenvalue weighted by Crippen LogP contribution is -2.54. The molecular formula is C27H25F3N6. The van der Waals surface area contributed by atoms with E-state index in [1.54, 1.807) is 18.3 Å². The van der Waals surface area contributed by atoms with Crippen molar-refractivity contribution >= 4 is 17.4 Å². The van der Waals surface area contributed by atoms with Gasteiger partial charge in [-0.1, -0.05) is 36.4 Å². The van der Waals surface area contributed by atoms with E-state index in [1.165, 1.54) is 12.1 Å². The highest BCUT2D eigenvalue weighted by Gasteiger charge is 2.43. The van der Waals surface area contributed by atoms with Gasteiger partial charge in [0.15, 0.2) is 0 Å². The summed E-state index contributed by atoms with van der Waals surface area (Å²) >= 11 is 0. The maximum Gasteiger partial charge on any atom is 0.416 e. The lowest BCUT2D eigenvalue weighted by atomic mass is 9.71. The second-order valence-corrected chi connectivity index (χ2v) is 9.38. The predicted molar refractivity (Wildman–Crippen MR) is 133 cm³/mol. The second-order valence-electron chi connectivity index (χ2n) is 9.38. The summed E-state index contributed by atoms with van der Waals surface area (Å²) in [4.78, 5) is 8.84. The van der Waals surface area contributed by atoms with Crippen LogP contribution in [-0.4, -0.2) is 47.6 Å². The molecule has 36 heavy (non-hydrogen) atoms. The zero-order valence-corrected chi connectivity index (χ0v) is 19.8. The largest absolute Gasteiger partial charge is 0.416 e. The third-order valence-corrected chi connectivity index (χ3v) is 7.00. The first-order chi connectivity index (χ1) is 17.3. The molecule has 0 bridgehead atoms. The van der Waals surface area contributed by atoms with Crippen molar-refractivity contribution < 1.29 is 13.2 Å².